The molecule has 0 radical (unpaired) electrons. The number of H-pyrrole nitrogens is 1. The average Bonchev–Trinajstić information content (AvgIpc) is 2.82. The number of nitrogens with zero attached hydrogens (tertiary/aromatic N) is 2. The highest BCUT2D eigenvalue weighted by molar-refractivity contribution is 7.99. The Bertz CT molecular complexity index is 490. The van der Waals surface area contributed by atoms with Crippen molar-refractivity contribution in [2.45, 2.75) is 35.0 Å². The van der Waals surface area contributed by atoms with Gasteiger partial charge in [-0.3, -0.25) is 5.10 Å². The van der Waals surface area contributed by atoms with Gasteiger partial charge in [0.15, 0.2) is 5.16 Å². The van der Waals surface area contributed by atoms with E-state index in [2.05, 4.69) is 44.8 Å². The third-order valence-corrected chi connectivity index (χ3v) is 3.90. The van der Waals surface area contributed by atoms with Crippen molar-refractivity contribution >= 4 is 17.4 Å². The molecule has 1 heterocycles. The van der Waals surface area contributed by atoms with Crippen molar-refractivity contribution in [3.05, 3.63) is 30.6 Å². The predicted octanol–water partition coefficient (Wildman–Crippen LogP) is 1.86. The van der Waals surface area contributed by atoms with Crippen molar-refractivity contribution in [3.63, 3.8) is 0 Å². The fraction of sp³-hybridized carbons (Fsp3) is 0.333. The van der Waals surface area contributed by atoms with E-state index < -0.39 is 0 Å². The van der Waals surface area contributed by atoms with Gasteiger partial charge in [-0.15, -0.1) is 0 Å². The van der Waals surface area contributed by atoms with Crippen molar-refractivity contribution in [3.8, 4) is 0 Å². The zero-order chi connectivity index (χ0) is 12.4. The summed E-state index contributed by atoms with van der Waals surface area (Å²) in [5.74, 6) is 0. The molecule has 0 amide bonds. The Kier molecular flexibility index (Phi) is 3.21. The molecule has 0 unspecified atom stereocenters. The van der Waals surface area contributed by atoms with Crippen LogP contribution in [0.1, 0.15) is 12.8 Å². The molecule has 0 atom stereocenters. The summed E-state index contributed by atoms with van der Waals surface area (Å²) >= 11 is 1.57. The maximum absolute atomic E-state index is 5.76. The van der Waals surface area contributed by atoms with E-state index in [1.165, 1.54) is 6.33 Å². The molecule has 6 heteroatoms. The lowest BCUT2D eigenvalue weighted by atomic mass is 9.87. The standard InChI is InChI=1S/C12H15N5S/c13-8-5-10(6-8)16-9-1-3-11(4-2-9)18-12-14-7-15-17-12/h1-4,7-8,10,16H,5-6,13H2,(H,14,15,17). The van der Waals surface area contributed by atoms with Gasteiger partial charge in [-0.25, -0.2) is 4.98 Å². The first-order valence-electron chi connectivity index (χ1n) is 5.95. The zero-order valence-electron chi connectivity index (χ0n) is 9.84. The number of anilines is 1. The second kappa shape index (κ2) is 4.99. The van der Waals surface area contributed by atoms with E-state index in [4.69, 9.17) is 5.73 Å². The van der Waals surface area contributed by atoms with Crippen molar-refractivity contribution < 1.29 is 0 Å². The lowest BCUT2D eigenvalue weighted by Gasteiger charge is -2.33. The molecule has 5 nitrogen and oxygen atoms in total. The van der Waals surface area contributed by atoms with Gasteiger partial charge in [0.1, 0.15) is 6.33 Å². The number of hydrogen-bond acceptors (Lipinski definition) is 5. The molecule has 4 N–H and O–H groups in total. The van der Waals surface area contributed by atoms with Crippen LogP contribution in [0, 0.1) is 0 Å². The topological polar surface area (TPSA) is 79.6 Å². The van der Waals surface area contributed by atoms with E-state index in [-0.39, 0.29) is 0 Å². The number of nitrogens with two attached hydrogens (primary N) is 1. The monoisotopic (exact) mass is 261 g/mol. The first-order valence-corrected chi connectivity index (χ1v) is 6.76. The molecule has 1 aromatic carbocycles. The molecule has 3 rings (SSSR count). The van der Waals surface area contributed by atoms with Crippen molar-refractivity contribution in [1.29, 1.82) is 0 Å². The third kappa shape index (κ3) is 2.65. The van der Waals surface area contributed by atoms with Gasteiger partial charge in [0.25, 0.3) is 0 Å². The maximum Gasteiger partial charge on any atom is 0.188 e. The Labute approximate surface area is 110 Å². The van der Waals surface area contributed by atoms with Crippen molar-refractivity contribution in [1.82, 2.24) is 15.2 Å². The third-order valence-electron chi connectivity index (χ3n) is 3.01. The molecule has 0 spiro atoms. The van der Waals surface area contributed by atoms with Crippen LogP contribution in [0.5, 0.6) is 0 Å². The lowest BCUT2D eigenvalue weighted by Crippen LogP contribution is -2.44. The second-order valence-corrected chi connectivity index (χ2v) is 5.55. The highest BCUT2D eigenvalue weighted by Gasteiger charge is 2.25. The van der Waals surface area contributed by atoms with Gasteiger partial charge in [-0.1, -0.05) is 11.8 Å². The normalized spacial score (nSPS) is 22.5. The van der Waals surface area contributed by atoms with E-state index in [0.29, 0.717) is 12.1 Å². The van der Waals surface area contributed by atoms with Gasteiger partial charge in [0.05, 0.1) is 0 Å². The van der Waals surface area contributed by atoms with Crippen molar-refractivity contribution in [2.24, 2.45) is 5.73 Å². The molecule has 1 fully saturated rings. The van der Waals surface area contributed by atoms with Gasteiger partial charge in [-0.05, 0) is 37.1 Å². The van der Waals surface area contributed by atoms with E-state index >= 15 is 0 Å². The largest absolute Gasteiger partial charge is 0.382 e. The predicted molar refractivity (Wildman–Crippen MR) is 71.6 cm³/mol. The molecule has 1 aliphatic carbocycles. The summed E-state index contributed by atoms with van der Waals surface area (Å²) < 4.78 is 0. The lowest BCUT2D eigenvalue weighted by molar-refractivity contribution is 0.373. The smallest absolute Gasteiger partial charge is 0.188 e. The Morgan fingerprint density at radius 2 is 2.06 bits per heavy atom. The molecule has 94 valence electrons. The summed E-state index contributed by atoms with van der Waals surface area (Å²) in [6.07, 6.45) is 3.64. The first-order chi connectivity index (χ1) is 8.79. The number of hydrogen-bond donors (Lipinski definition) is 3. The Hall–Kier alpha value is -1.53. The minimum Gasteiger partial charge on any atom is -0.382 e. The average molecular weight is 261 g/mol. The van der Waals surface area contributed by atoms with E-state index in [9.17, 15) is 0 Å². The molecule has 1 saturated carbocycles. The molecule has 1 aromatic heterocycles. The summed E-state index contributed by atoms with van der Waals surface area (Å²) in [6.45, 7) is 0. The Morgan fingerprint density at radius 3 is 2.67 bits per heavy atom. The summed E-state index contributed by atoms with van der Waals surface area (Å²) in [4.78, 5) is 5.22. The van der Waals surface area contributed by atoms with Crippen LogP contribution in [-0.4, -0.2) is 27.3 Å². The van der Waals surface area contributed by atoms with E-state index in [0.717, 1.165) is 28.6 Å². The van der Waals surface area contributed by atoms with Crippen LogP contribution < -0.4 is 11.1 Å². The molecular weight excluding hydrogens is 246 g/mol. The molecular formula is C12H15N5S. The van der Waals surface area contributed by atoms with E-state index in [1.807, 2.05) is 0 Å². The second-order valence-electron chi connectivity index (χ2n) is 4.49. The van der Waals surface area contributed by atoms with Gasteiger partial charge in [0, 0.05) is 22.7 Å². The van der Waals surface area contributed by atoms with Crippen LogP contribution in [0.2, 0.25) is 0 Å². The summed E-state index contributed by atoms with van der Waals surface area (Å²) in [5, 5.41) is 10.9. The molecule has 1 aliphatic rings. The van der Waals surface area contributed by atoms with Crippen LogP contribution in [0.3, 0.4) is 0 Å². The van der Waals surface area contributed by atoms with E-state index in [1.54, 1.807) is 11.8 Å². The molecule has 0 bridgehead atoms. The first kappa shape index (κ1) is 11.6. The van der Waals surface area contributed by atoms with Gasteiger partial charge in [-0.2, -0.15) is 5.10 Å². The molecule has 0 saturated heterocycles. The number of rotatable bonds is 4. The highest BCUT2D eigenvalue weighted by atomic mass is 32.2. The summed E-state index contributed by atoms with van der Waals surface area (Å²) in [7, 11) is 0. The summed E-state index contributed by atoms with van der Waals surface area (Å²) in [5.41, 5.74) is 6.91. The number of benzene rings is 1. The van der Waals surface area contributed by atoms with Gasteiger partial charge in [0.2, 0.25) is 0 Å². The quantitative estimate of drug-likeness (QED) is 0.783. The molecule has 2 aromatic rings. The Balaban J connectivity index is 1.59. The maximum atomic E-state index is 5.76. The van der Waals surface area contributed by atoms with Gasteiger partial charge >= 0.3 is 0 Å². The number of aromatic amines is 1. The SMILES string of the molecule is NC1CC(Nc2ccc(Sc3ncn[nH]3)cc2)C1. The molecule has 18 heavy (non-hydrogen) atoms. The fourth-order valence-corrected chi connectivity index (χ4v) is 2.68. The molecule has 0 aliphatic heterocycles. The van der Waals surface area contributed by atoms with Crippen LogP contribution in [0.4, 0.5) is 5.69 Å². The van der Waals surface area contributed by atoms with Crippen LogP contribution in [0.25, 0.3) is 0 Å². The van der Waals surface area contributed by atoms with Crippen molar-refractivity contribution in [2.75, 3.05) is 5.32 Å². The highest BCUT2D eigenvalue weighted by Crippen LogP contribution is 2.27. The fourth-order valence-electron chi connectivity index (χ4n) is 1.99. The van der Waals surface area contributed by atoms with Crippen LogP contribution >= 0.6 is 11.8 Å². The minimum atomic E-state index is 0.379. The van der Waals surface area contributed by atoms with Crippen LogP contribution in [-0.2, 0) is 0 Å². The Morgan fingerprint density at radius 1 is 1.28 bits per heavy atom. The van der Waals surface area contributed by atoms with Crippen LogP contribution in [0.15, 0.2) is 40.6 Å². The summed E-state index contributed by atoms with van der Waals surface area (Å²) in [6, 6.07) is 9.24. The number of aromatic nitrogens is 3. The zero-order valence-corrected chi connectivity index (χ0v) is 10.7. The minimum absolute atomic E-state index is 0.379. The number of nitrogens with one attached hydrogen (secondary N) is 2. The van der Waals surface area contributed by atoms with Gasteiger partial charge < -0.3 is 11.1 Å².